The van der Waals surface area contributed by atoms with Crippen LogP contribution >= 0.6 is 11.8 Å². The first-order valence-corrected chi connectivity index (χ1v) is 7.41. The third-order valence-electron chi connectivity index (χ3n) is 4.05. The predicted molar refractivity (Wildman–Crippen MR) is 71.0 cm³/mol. The second-order valence-electron chi connectivity index (χ2n) is 5.74. The highest BCUT2D eigenvalue weighted by Gasteiger charge is 2.48. The molecule has 0 amide bonds. The first-order valence-electron chi connectivity index (χ1n) is 6.25. The van der Waals surface area contributed by atoms with Crippen molar-refractivity contribution in [2.75, 3.05) is 11.5 Å². The molecule has 1 fully saturated rings. The van der Waals surface area contributed by atoms with Gasteiger partial charge in [-0.15, -0.1) is 0 Å². The summed E-state index contributed by atoms with van der Waals surface area (Å²) >= 11 is 1.49. The van der Waals surface area contributed by atoms with Crippen LogP contribution in [0.25, 0.3) is 0 Å². The van der Waals surface area contributed by atoms with Gasteiger partial charge in [-0.25, -0.2) is 4.39 Å². The van der Waals surface area contributed by atoms with E-state index < -0.39 is 28.6 Å². The zero-order valence-electron chi connectivity index (χ0n) is 11.2. The summed E-state index contributed by atoms with van der Waals surface area (Å²) in [5, 5.41) is 10.8. The summed E-state index contributed by atoms with van der Waals surface area (Å²) in [6.45, 7) is 3.65. The van der Waals surface area contributed by atoms with E-state index in [9.17, 15) is 22.7 Å². The normalized spacial score (nSPS) is 26.6. The van der Waals surface area contributed by atoms with Crippen LogP contribution < -0.4 is 0 Å². The van der Waals surface area contributed by atoms with Crippen LogP contribution in [0.2, 0.25) is 0 Å². The standard InChI is InChI=1S/C14H16F4OS/c1-12(2)5-6-20-8-13(12,19)9-3-4-11(15)10(7-9)14(16,17)18/h3-4,7,19H,5-6,8H2,1-2H3. The Kier molecular flexibility index (Phi) is 3.84. The van der Waals surface area contributed by atoms with E-state index in [-0.39, 0.29) is 5.56 Å². The lowest BCUT2D eigenvalue weighted by Crippen LogP contribution is -2.47. The molecule has 1 N–H and O–H groups in total. The van der Waals surface area contributed by atoms with Crippen molar-refractivity contribution in [1.29, 1.82) is 0 Å². The van der Waals surface area contributed by atoms with E-state index in [4.69, 9.17) is 0 Å². The van der Waals surface area contributed by atoms with Crippen molar-refractivity contribution < 1.29 is 22.7 Å². The number of rotatable bonds is 1. The average Bonchev–Trinajstić information content (AvgIpc) is 2.32. The van der Waals surface area contributed by atoms with E-state index in [2.05, 4.69) is 0 Å². The maximum Gasteiger partial charge on any atom is 0.419 e. The number of aliphatic hydroxyl groups is 1. The molecule has 112 valence electrons. The largest absolute Gasteiger partial charge is 0.419 e. The molecule has 1 aromatic carbocycles. The van der Waals surface area contributed by atoms with Crippen LogP contribution in [0.1, 0.15) is 31.4 Å². The van der Waals surface area contributed by atoms with Gasteiger partial charge in [0.15, 0.2) is 0 Å². The van der Waals surface area contributed by atoms with Gasteiger partial charge >= 0.3 is 6.18 Å². The summed E-state index contributed by atoms with van der Waals surface area (Å²) in [6.07, 6.45) is -4.07. The molecule has 0 spiro atoms. The molecule has 0 aromatic heterocycles. The first kappa shape index (κ1) is 15.6. The molecule has 1 nitrogen and oxygen atoms in total. The lowest BCUT2D eigenvalue weighted by Gasteiger charge is -2.46. The molecule has 1 unspecified atom stereocenters. The van der Waals surface area contributed by atoms with Gasteiger partial charge in [-0.1, -0.05) is 19.9 Å². The molecular formula is C14H16F4OS. The smallest absolute Gasteiger partial charge is 0.384 e. The Morgan fingerprint density at radius 2 is 1.90 bits per heavy atom. The van der Waals surface area contributed by atoms with Gasteiger partial charge in [-0.2, -0.15) is 24.9 Å². The van der Waals surface area contributed by atoms with Gasteiger partial charge in [0.05, 0.1) is 5.56 Å². The number of halogens is 4. The highest BCUT2D eigenvalue weighted by atomic mass is 32.2. The number of hydrogen-bond donors (Lipinski definition) is 1. The van der Waals surface area contributed by atoms with Crippen LogP contribution in [0.5, 0.6) is 0 Å². The van der Waals surface area contributed by atoms with Gasteiger partial charge in [0.1, 0.15) is 11.4 Å². The third-order valence-corrected chi connectivity index (χ3v) is 5.17. The number of thioether (sulfide) groups is 1. The van der Waals surface area contributed by atoms with E-state index in [1.165, 1.54) is 17.8 Å². The van der Waals surface area contributed by atoms with Crippen LogP contribution in [0.3, 0.4) is 0 Å². The number of alkyl halides is 3. The minimum atomic E-state index is -4.76. The highest BCUT2D eigenvalue weighted by molar-refractivity contribution is 7.99. The zero-order chi connectivity index (χ0) is 15.2. The Morgan fingerprint density at radius 3 is 2.45 bits per heavy atom. The molecule has 1 aliphatic rings. The van der Waals surface area contributed by atoms with Gasteiger partial charge < -0.3 is 5.11 Å². The van der Waals surface area contributed by atoms with Gasteiger partial charge in [-0.05, 0) is 35.3 Å². The van der Waals surface area contributed by atoms with Crippen LogP contribution in [-0.4, -0.2) is 16.6 Å². The van der Waals surface area contributed by atoms with Crippen molar-refractivity contribution in [3.8, 4) is 0 Å². The van der Waals surface area contributed by atoms with Crippen LogP contribution in [0.15, 0.2) is 18.2 Å². The second kappa shape index (κ2) is 4.91. The maximum absolute atomic E-state index is 13.3. The minimum Gasteiger partial charge on any atom is -0.384 e. The zero-order valence-corrected chi connectivity index (χ0v) is 12.0. The van der Waals surface area contributed by atoms with Crippen LogP contribution in [0, 0.1) is 11.2 Å². The van der Waals surface area contributed by atoms with Crippen LogP contribution in [-0.2, 0) is 11.8 Å². The van der Waals surface area contributed by atoms with E-state index in [1.54, 1.807) is 0 Å². The fourth-order valence-electron chi connectivity index (χ4n) is 2.42. The Morgan fingerprint density at radius 1 is 1.25 bits per heavy atom. The van der Waals surface area contributed by atoms with E-state index in [0.717, 1.165) is 17.9 Å². The Bertz CT molecular complexity index is 512. The predicted octanol–water partition coefficient (Wildman–Crippen LogP) is 4.20. The summed E-state index contributed by atoms with van der Waals surface area (Å²) in [4.78, 5) is 0. The van der Waals surface area contributed by atoms with Crippen molar-refractivity contribution in [2.45, 2.75) is 32.0 Å². The molecular weight excluding hydrogens is 292 g/mol. The van der Waals surface area contributed by atoms with Crippen molar-refractivity contribution in [1.82, 2.24) is 0 Å². The van der Waals surface area contributed by atoms with E-state index in [0.29, 0.717) is 12.2 Å². The molecule has 0 saturated carbocycles. The SMILES string of the molecule is CC1(C)CCSCC1(O)c1ccc(F)c(C(F)(F)F)c1. The Hall–Kier alpha value is -0.750. The lowest BCUT2D eigenvalue weighted by molar-refractivity contribution is -0.140. The first-order chi connectivity index (χ1) is 9.08. The molecule has 0 radical (unpaired) electrons. The topological polar surface area (TPSA) is 20.2 Å². The lowest BCUT2D eigenvalue weighted by atomic mass is 9.69. The van der Waals surface area contributed by atoms with Gasteiger partial charge in [0, 0.05) is 5.75 Å². The molecule has 2 rings (SSSR count). The van der Waals surface area contributed by atoms with Gasteiger partial charge in [-0.3, -0.25) is 0 Å². The quantitative estimate of drug-likeness (QED) is 0.785. The highest BCUT2D eigenvalue weighted by Crippen LogP contribution is 2.49. The Balaban J connectivity index is 2.52. The second-order valence-corrected chi connectivity index (χ2v) is 6.84. The summed E-state index contributed by atoms with van der Waals surface area (Å²) in [7, 11) is 0. The van der Waals surface area contributed by atoms with Crippen LogP contribution in [0.4, 0.5) is 17.6 Å². The average molecular weight is 308 g/mol. The third kappa shape index (κ3) is 2.55. The number of benzene rings is 1. The molecule has 20 heavy (non-hydrogen) atoms. The molecule has 1 aliphatic heterocycles. The number of hydrogen-bond acceptors (Lipinski definition) is 2. The monoisotopic (exact) mass is 308 g/mol. The summed E-state index contributed by atoms with van der Waals surface area (Å²) in [5.74, 6) is -0.155. The summed E-state index contributed by atoms with van der Waals surface area (Å²) < 4.78 is 51.7. The molecule has 1 atom stereocenters. The van der Waals surface area contributed by atoms with E-state index in [1.807, 2.05) is 13.8 Å². The molecule has 1 heterocycles. The summed E-state index contributed by atoms with van der Waals surface area (Å²) in [6, 6.07) is 2.77. The van der Waals surface area contributed by atoms with Gasteiger partial charge in [0.25, 0.3) is 0 Å². The molecule has 0 aliphatic carbocycles. The fraction of sp³-hybridized carbons (Fsp3) is 0.571. The Labute approximate surface area is 119 Å². The molecule has 1 aromatic rings. The van der Waals surface area contributed by atoms with Crippen molar-refractivity contribution in [3.05, 3.63) is 35.1 Å². The van der Waals surface area contributed by atoms with E-state index >= 15 is 0 Å². The van der Waals surface area contributed by atoms with Crippen molar-refractivity contribution in [2.24, 2.45) is 5.41 Å². The minimum absolute atomic E-state index is 0.128. The fourth-order valence-corrected chi connectivity index (χ4v) is 4.07. The van der Waals surface area contributed by atoms with Gasteiger partial charge in [0.2, 0.25) is 0 Å². The summed E-state index contributed by atoms with van der Waals surface area (Å²) in [5.41, 5.74) is -3.14. The molecule has 6 heteroatoms. The molecule has 0 bridgehead atoms. The van der Waals surface area contributed by atoms with Crippen molar-refractivity contribution >= 4 is 11.8 Å². The molecule has 1 saturated heterocycles. The maximum atomic E-state index is 13.3. The van der Waals surface area contributed by atoms with Crippen molar-refractivity contribution in [3.63, 3.8) is 0 Å².